The van der Waals surface area contributed by atoms with E-state index in [4.69, 9.17) is 0 Å². The van der Waals surface area contributed by atoms with Gasteiger partial charge in [-0.3, -0.25) is 9.59 Å². The number of esters is 1. The SMILES string of the molecule is CC(C)=O.CCOC.CNC.CNC(C)=O.COC.COC(C)=O. The van der Waals surface area contributed by atoms with Gasteiger partial charge >= 0.3 is 5.97 Å². The normalized spacial score (nSPS) is 6.67. The zero-order valence-corrected chi connectivity index (χ0v) is 17.7. The number of ether oxygens (including phenoxy) is 3. The van der Waals surface area contributed by atoms with E-state index in [9.17, 15) is 14.4 Å². The molecular weight excluding hydrogens is 316 g/mol. The molecule has 0 radical (unpaired) electrons. The van der Waals surface area contributed by atoms with E-state index in [1.165, 1.54) is 34.8 Å². The highest BCUT2D eigenvalue weighted by Crippen LogP contribution is 1.60. The van der Waals surface area contributed by atoms with Crippen molar-refractivity contribution in [1.29, 1.82) is 0 Å². The van der Waals surface area contributed by atoms with Crippen LogP contribution in [0, 0.1) is 0 Å². The second-order valence-electron chi connectivity index (χ2n) is 3.90. The summed E-state index contributed by atoms with van der Waals surface area (Å²) >= 11 is 0. The van der Waals surface area contributed by atoms with Gasteiger partial charge in [0.25, 0.3) is 0 Å². The molecule has 0 atom stereocenters. The molecule has 150 valence electrons. The molecule has 2 N–H and O–H groups in total. The van der Waals surface area contributed by atoms with Gasteiger partial charge in [-0.2, -0.15) is 0 Å². The van der Waals surface area contributed by atoms with E-state index in [1.807, 2.05) is 21.0 Å². The molecule has 0 fully saturated rings. The maximum Gasteiger partial charge on any atom is 0.302 e. The van der Waals surface area contributed by atoms with Crippen LogP contribution in [0.3, 0.4) is 0 Å². The van der Waals surface area contributed by atoms with Gasteiger partial charge in [-0.25, -0.2) is 0 Å². The summed E-state index contributed by atoms with van der Waals surface area (Å²) in [5, 5.41) is 5.14. The van der Waals surface area contributed by atoms with Crippen LogP contribution in [-0.4, -0.2) is 73.8 Å². The van der Waals surface area contributed by atoms with Gasteiger partial charge in [0.15, 0.2) is 0 Å². The summed E-state index contributed by atoms with van der Waals surface area (Å²) in [7, 11) is 11.6. The minimum atomic E-state index is -0.245. The molecule has 0 aliphatic carbocycles. The lowest BCUT2D eigenvalue weighted by Crippen LogP contribution is -2.11. The number of amides is 1. The monoisotopic (exact) mass is 356 g/mol. The third kappa shape index (κ3) is 639. The summed E-state index contributed by atoms with van der Waals surface area (Å²) in [4.78, 5) is 28.7. The van der Waals surface area contributed by atoms with Crippen LogP contribution < -0.4 is 10.6 Å². The van der Waals surface area contributed by atoms with E-state index in [-0.39, 0.29) is 17.7 Å². The molecule has 0 aromatic heterocycles. The Balaban J connectivity index is -0.0000000410. The number of Topliss-reactive ketones (excluding diaryl/α,β-unsaturated/α-hetero) is 1. The molecule has 0 aromatic carbocycles. The predicted octanol–water partition coefficient (Wildman–Crippen LogP) is 1.28. The molecule has 8 nitrogen and oxygen atoms in total. The van der Waals surface area contributed by atoms with Gasteiger partial charge in [0.2, 0.25) is 5.91 Å². The predicted molar refractivity (Wildman–Crippen MR) is 99.3 cm³/mol. The average molecular weight is 357 g/mol. The van der Waals surface area contributed by atoms with Gasteiger partial charge in [-0.15, -0.1) is 0 Å². The molecule has 0 rings (SSSR count). The van der Waals surface area contributed by atoms with E-state index in [2.05, 4.69) is 24.8 Å². The van der Waals surface area contributed by atoms with Crippen molar-refractivity contribution < 1.29 is 28.6 Å². The number of carbonyl (C=O) groups excluding carboxylic acids is 3. The van der Waals surface area contributed by atoms with Crippen molar-refractivity contribution in [3.05, 3.63) is 0 Å². The van der Waals surface area contributed by atoms with E-state index < -0.39 is 0 Å². The summed E-state index contributed by atoms with van der Waals surface area (Å²) in [5.41, 5.74) is 0. The lowest BCUT2D eigenvalue weighted by atomic mass is 10.6. The topological polar surface area (TPSA) is 103 Å². The lowest BCUT2D eigenvalue weighted by Gasteiger charge is -1.80. The Labute approximate surface area is 148 Å². The molecule has 0 heterocycles. The standard InChI is InChI=1S/C3H7NO.C3H6O2.C3H8O.C3H6O.C2H7N.C2H6O/c1-3(5)4-2;1-3(4)5-2;1-3-4-2;1-3(2)4;2*1-3-2/h1-2H3,(H,4,5);1-2H3;3H2,1-2H3;1-2H3;3H,1-2H3;1-2H3. The fourth-order valence-corrected chi connectivity index (χ4v) is 0. The van der Waals surface area contributed by atoms with Crippen LogP contribution in [0.2, 0.25) is 0 Å². The third-order valence-electron chi connectivity index (χ3n) is 0.928. The van der Waals surface area contributed by atoms with Gasteiger partial charge in [0.05, 0.1) is 7.11 Å². The van der Waals surface area contributed by atoms with Crippen molar-refractivity contribution in [2.45, 2.75) is 34.6 Å². The third-order valence-corrected chi connectivity index (χ3v) is 0.928. The molecule has 24 heavy (non-hydrogen) atoms. The Bertz CT molecular complexity index is 215. The smallest absolute Gasteiger partial charge is 0.302 e. The molecule has 0 unspecified atom stereocenters. The van der Waals surface area contributed by atoms with Crippen molar-refractivity contribution >= 4 is 17.7 Å². The van der Waals surface area contributed by atoms with Crippen LogP contribution in [0.25, 0.3) is 0 Å². The minimum Gasteiger partial charge on any atom is -0.469 e. The molecule has 0 bridgehead atoms. The van der Waals surface area contributed by atoms with E-state index in [0.29, 0.717) is 0 Å². The Morgan fingerprint density at radius 3 is 0.958 bits per heavy atom. The quantitative estimate of drug-likeness (QED) is 0.682. The van der Waals surface area contributed by atoms with Crippen molar-refractivity contribution in [1.82, 2.24) is 10.6 Å². The number of rotatable bonds is 1. The van der Waals surface area contributed by atoms with Gasteiger partial charge < -0.3 is 29.6 Å². The maximum atomic E-state index is 9.70. The molecule has 0 aliphatic rings. The van der Waals surface area contributed by atoms with Crippen LogP contribution in [0.15, 0.2) is 0 Å². The first-order valence-corrected chi connectivity index (χ1v) is 7.20. The zero-order chi connectivity index (χ0) is 21.0. The Morgan fingerprint density at radius 2 is 0.958 bits per heavy atom. The van der Waals surface area contributed by atoms with Crippen LogP contribution in [0.1, 0.15) is 34.6 Å². The van der Waals surface area contributed by atoms with Crippen molar-refractivity contribution in [2.75, 3.05) is 56.2 Å². The number of carbonyl (C=O) groups is 3. The van der Waals surface area contributed by atoms with E-state index in [0.717, 1.165) is 6.61 Å². The number of methoxy groups -OCH3 is 3. The Morgan fingerprint density at radius 1 is 0.833 bits per heavy atom. The van der Waals surface area contributed by atoms with Crippen LogP contribution in [0.4, 0.5) is 0 Å². The second kappa shape index (κ2) is 49.6. The van der Waals surface area contributed by atoms with Crippen molar-refractivity contribution in [3.63, 3.8) is 0 Å². The largest absolute Gasteiger partial charge is 0.469 e. The van der Waals surface area contributed by atoms with Gasteiger partial charge in [0.1, 0.15) is 5.78 Å². The van der Waals surface area contributed by atoms with E-state index in [1.54, 1.807) is 28.4 Å². The van der Waals surface area contributed by atoms with Crippen LogP contribution in [-0.2, 0) is 28.6 Å². The molecule has 0 aromatic rings. The van der Waals surface area contributed by atoms with Gasteiger partial charge in [0, 0.05) is 48.8 Å². The minimum absolute atomic E-state index is 0.00463. The highest BCUT2D eigenvalue weighted by atomic mass is 16.5. The molecule has 0 saturated carbocycles. The summed E-state index contributed by atoms with van der Waals surface area (Å²) in [6.07, 6.45) is 0. The number of ketones is 1. The maximum absolute atomic E-state index is 9.70. The Kier molecular flexibility index (Phi) is 78.9. The zero-order valence-electron chi connectivity index (χ0n) is 17.7. The first kappa shape index (κ1) is 38.2. The second-order valence-corrected chi connectivity index (χ2v) is 3.90. The summed E-state index contributed by atoms with van der Waals surface area (Å²) in [6.45, 7) is 8.67. The fourth-order valence-electron chi connectivity index (χ4n) is 0. The molecule has 1 amide bonds. The van der Waals surface area contributed by atoms with Crippen LogP contribution >= 0.6 is 0 Å². The first-order chi connectivity index (χ1) is 11.0. The molecule has 0 aliphatic heterocycles. The molecule has 8 heteroatoms. The van der Waals surface area contributed by atoms with Gasteiger partial charge in [-0.1, -0.05) is 0 Å². The summed E-state index contributed by atoms with van der Waals surface area (Å²) in [5.74, 6) is -0.0741. The number of nitrogens with one attached hydrogen (secondary N) is 2. The lowest BCUT2D eigenvalue weighted by molar-refractivity contribution is -0.138. The highest BCUT2D eigenvalue weighted by Gasteiger charge is 1.75. The summed E-state index contributed by atoms with van der Waals surface area (Å²) < 4.78 is 12.9. The molecule has 0 saturated heterocycles. The van der Waals surface area contributed by atoms with Crippen molar-refractivity contribution in [2.24, 2.45) is 0 Å². The van der Waals surface area contributed by atoms with Crippen LogP contribution in [0.5, 0.6) is 0 Å². The molecule has 0 spiro atoms. The Hall–Kier alpha value is -1.51. The fraction of sp³-hybridized carbons (Fsp3) is 0.812. The van der Waals surface area contributed by atoms with Crippen molar-refractivity contribution in [3.8, 4) is 0 Å². The number of hydrogen-bond donors (Lipinski definition) is 2. The first-order valence-electron chi connectivity index (χ1n) is 7.20. The average Bonchev–Trinajstić information content (AvgIpc) is 2.49. The molecular formula is C16H40N2O6. The van der Waals surface area contributed by atoms with E-state index >= 15 is 0 Å². The summed E-state index contributed by atoms with van der Waals surface area (Å²) in [6, 6.07) is 0. The highest BCUT2D eigenvalue weighted by molar-refractivity contribution is 5.72. The number of hydrogen-bond acceptors (Lipinski definition) is 7. The van der Waals surface area contributed by atoms with Gasteiger partial charge in [-0.05, 0) is 34.9 Å².